The molecular weight excluding hydrogens is 281 g/mol. The van der Waals surface area contributed by atoms with Crippen LogP contribution in [-0.2, 0) is 0 Å². The first-order valence-corrected chi connectivity index (χ1v) is 6.92. The van der Waals surface area contributed by atoms with Crippen LogP contribution in [-0.4, -0.2) is 17.1 Å². The van der Waals surface area contributed by atoms with Crippen LogP contribution in [0.5, 0.6) is 5.75 Å². The zero-order valence-electron chi connectivity index (χ0n) is 12.4. The number of aromatic nitrogens is 2. The first kappa shape index (κ1) is 14.4. The molecule has 0 saturated heterocycles. The molecular formula is C17H16FN3O. The van der Waals surface area contributed by atoms with Crippen molar-refractivity contribution in [2.75, 3.05) is 7.11 Å². The molecule has 5 heteroatoms. The molecule has 0 amide bonds. The molecule has 112 valence electrons. The van der Waals surface area contributed by atoms with Crippen molar-refractivity contribution in [3.8, 4) is 5.75 Å². The Bertz CT molecular complexity index is 835. The van der Waals surface area contributed by atoms with E-state index >= 15 is 0 Å². The van der Waals surface area contributed by atoms with E-state index in [-0.39, 0.29) is 5.75 Å². The molecule has 3 aromatic rings. The van der Waals surface area contributed by atoms with Gasteiger partial charge >= 0.3 is 0 Å². The van der Waals surface area contributed by atoms with Gasteiger partial charge in [-0.1, -0.05) is 24.3 Å². The molecule has 1 aromatic heterocycles. The quantitative estimate of drug-likeness (QED) is 0.807. The monoisotopic (exact) mass is 297 g/mol. The third-order valence-electron chi connectivity index (χ3n) is 3.57. The predicted molar refractivity (Wildman–Crippen MR) is 83.3 cm³/mol. The predicted octanol–water partition coefficient (Wildman–Crippen LogP) is 3.13. The van der Waals surface area contributed by atoms with Crippen molar-refractivity contribution in [3.05, 3.63) is 65.4 Å². The minimum absolute atomic E-state index is 0.194. The van der Waals surface area contributed by atoms with E-state index in [0.29, 0.717) is 17.1 Å². The Morgan fingerprint density at radius 1 is 1.14 bits per heavy atom. The molecule has 0 radical (unpaired) electrons. The summed E-state index contributed by atoms with van der Waals surface area (Å²) in [5.74, 6) is 0.392. The fourth-order valence-electron chi connectivity index (χ4n) is 2.49. The van der Waals surface area contributed by atoms with Gasteiger partial charge in [0, 0.05) is 5.39 Å². The largest absolute Gasteiger partial charge is 0.494 e. The van der Waals surface area contributed by atoms with Crippen LogP contribution in [0.3, 0.4) is 0 Å². The SMILES string of the molecule is COc1ccc(C(N)c2nc(C)nc3ccccc23)cc1F. The smallest absolute Gasteiger partial charge is 0.165 e. The summed E-state index contributed by atoms with van der Waals surface area (Å²) in [6, 6.07) is 11.8. The van der Waals surface area contributed by atoms with Gasteiger partial charge in [-0.15, -0.1) is 0 Å². The van der Waals surface area contributed by atoms with Crippen molar-refractivity contribution in [1.29, 1.82) is 0 Å². The van der Waals surface area contributed by atoms with E-state index < -0.39 is 11.9 Å². The second kappa shape index (κ2) is 5.69. The number of nitrogens with zero attached hydrogens (tertiary/aromatic N) is 2. The fraction of sp³-hybridized carbons (Fsp3) is 0.176. The highest BCUT2D eigenvalue weighted by molar-refractivity contribution is 5.81. The van der Waals surface area contributed by atoms with E-state index in [1.54, 1.807) is 12.1 Å². The van der Waals surface area contributed by atoms with Crippen LogP contribution >= 0.6 is 0 Å². The highest BCUT2D eigenvalue weighted by Crippen LogP contribution is 2.27. The maximum atomic E-state index is 13.9. The summed E-state index contributed by atoms with van der Waals surface area (Å²) in [5.41, 5.74) is 8.47. The zero-order valence-corrected chi connectivity index (χ0v) is 12.4. The van der Waals surface area contributed by atoms with Crippen molar-refractivity contribution in [3.63, 3.8) is 0 Å². The molecule has 0 saturated carbocycles. The number of ether oxygens (including phenoxy) is 1. The second-order valence-electron chi connectivity index (χ2n) is 5.04. The number of para-hydroxylation sites is 1. The maximum absolute atomic E-state index is 13.9. The molecule has 1 atom stereocenters. The van der Waals surface area contributed by atoms with Gasteiger partial charge in [0.15, 0.2) is 11.6 Å². The van der Waals surface area contributed by atoms with Crippen LogP contribution in [0.4, 0.5) is 4.39 Å². The topological polar surface area (TPSA) is 61.0 Å². The van der Waals surface area contributed by atoms with Crippen LogP contribution in [0, 0.1) is 12.7 Å². The minimum atomic E-state index is -0.535. The number of hydrogen-bond acceptors (Lipinski definition) is 4. The van der Waals surface area contributed by atoms with Gasteiger partial charge in [0.1, 0.15) is 5.82 Å². The maximum Gasteiger partial charge on any atom is 0.165 e. The number of nitrogens with two attached hydrogens (primary N) is 1. The molecule has 4 nitrogen and oxygen atoms in total. The number of fused-ring (bicyclic) bond motifs is 1. The Kier molecular flexibility index (Phi) is 3.73. The van der Waals surface area contributed by atoms with E-state index in [0.717, 1.165) is 10.9 Å². The molecule has 1 unspecified atom stereocenters. The number of aryl methyl sites for hydroxylation is 1. The van der Waals surface area contributed by atoms with E-state index in [1.807, 2.05) is 31.2 Å². The molecule has 22 heavy (non-hydrogen) atoms. The molecule has 0 aliphatic carbocycles. The summed E-state index contributed by atoms with van der Waals surface area (Å²) in [4.78, 5) is 8.86. The van der Waals surface area contributed by atoms with Crippen LogP contribution < -0.4 is 10.5 Å². The average molecular weight is 297 g/mol. The molecule has 1 heterocycles. The van der Waals surface area contributed by atoms with Gasteiger partial charge in [-0.2, -0.15) is 0 Å². The molecule has 2 aromatic carbocycles. The molecule has 2 N–H and O–H groups in total. The molecule has 0 fully saturated rings. The third kappa shape index (κ3) is 2.51. The number of rotatable bonds is 3. The Labute approximate surface area is 127 Å². The number of halogens is 1. The molecule has 3 rings (SSSR count). The first-order valence-electron chi connectivity index (χ1n) is 6.92. The minimum Gasteiger partial charge on any atom is -0.494 e. The lowest BCUT2D eigenvalue weighted by Gasteiger charge is -2.15. The summed E-state index contributed by atoms with van der Waals surface area (Å²) in [5, 5.41) is 0.872. The third-order valence-corrected chi connectivity index (χ3v) is 3.57. The van der Waals surface area contributed by atoms with Crippen LogP contribution in [0.25, 0.3) is 10.9 Å². The summed E-state index contributed by atoms with van der Waals surface area (Å²) < 4.78 is 18.8. The van der Waals surface area contributed by atoms with Gasteiger partial charge < -0.3 is 10.5 Å². The second-order valence-corrected chi connectivity index (χ2v) is 5.04. The number of hydrogen-bond donors (Lipinski definition) is 1. The lowest BCUT2D eigenvalue weighted by Crippen LogP contribution is -2.15. The zero-order chi connectivity index (χ0) is 15.7. The summed E-state index contributed by atoms with van der Waals surface area (Å²) >= 11 is 0. The summed E-state index contributed by atoms with van der Waals surface area (Å²) in [6.07, 6.45) is 0. The van der Waals surface area contributed by atoms with Crippen molar-refractivity contribution in [2.24, 2.45) is 5.73 Å². The fourth-order valence-corrected chi connectivity index (χ4v) is 2.49. The highest BCUT2D eigenvalue weighted by Gasteiger charge is 2.17. The van der Waals surface area contributed by atoms with Gasteiger partial charge in [0.05, 0.1) is 24.4 Å². The summed E-state index contributed by atoms with van der Waals surface area (Å²) in [6.45, 7) is 1.82. The molecule has 0 bridgehead atoms. The van der Waals surface area contributed by atoms with E-state index in [4.69, 9.17) is 10.5 Å². The van der Waals surface area contributed by atoms with Gasteiger partial charge in [-0.05, 0) is 30.7 Å². The highest BCUT2D eigenvalue weighted by atomic mass is 19.1. The van der Waals surface area contributed by atoms with Gasteiger partial charge in [0.2, 0.25) is 0 Å². The van der Waals surface area contributed by atoms with Crippen LogP contribution in [0.2, 0.25) is 0 Å². The Morgan fingerprint density at radius 2 is 1.91 bits per heavy atom. The van der Waals surface area contributed by atoms with E-state index in [9.17, 15) is 4.39 Å². The lowest BCUT2D eigenvalue weighted by atomic mass is 10.0. The van der Waals surface area contributed by atoms with Crippen molar-refractivity contribution < 1.29 is 9.13 Å². The molecule has 0 spiro atoms. The summed E-state index contributed by atoms with van der Waals surface area (Å²) in [7, 11) is 1.43. The van der Waals surface area contributed by atoms with Crippen molar-refractivity contribution in [2.45, 2.75) is 13.0 Å². The molecule has 0 aliphatic heterocycles. The average Bonchev–Trinajstić information content (AvgIpc) is 2.53. The number of benzene rings is 2. The van der Waals surface area contributed by atoms with Gasteiger partial charge in [-0.25, -0.2) is 14.4 Å². The standard InChI is InChI=1S/C17H16FN3O/c1-10-20-14-6-4-3-5-12(14)17(21-10)16(19)11-7-8-15(22-2)13(18)9-11/h3-9,16H,19H2,1-2H3. The van der Waals surface area contributed by atoms with Gasteiger partial charge in [0.25, 0.3) is 0 Å². The normalized spacial score (nSPS) is 12.4. The van der Waals surface area contributed by atoms with Crippen LogP contribution in [0.15, 0.2) is 42.5 Å². The Balaban J connectivity index is 2.12. The van der Waals surface area contributed by atoms with Crippen molar-refractivity contribution >= 4 is 10.9 Å². The van der Waals surface area contributed by atoms with E-state index in [1.165, 1.54) is 13.2 Å². The van der Waals surface area contributed by atoms with Crippen molar-refractivity contribution in [1.82, 2.24) is 9.97 Å². The van der Waals surface area contributed by atoms with Crippen LogP contribution in [0.1, 0.15) is 23.1 Å². The lowest BCUT2D eigenvalue weighted by molar-refractivity contribution is 0.386. The first-order chi connectivity index (χ1) is 10.6. The van der Waals surface area contributed by atoms with Gasteiger partial charge in [-0.3, -0.25) is 0 Å². The Hall–Kier alpha value is -2.53. The Morgan fingerprint density at radius 3 is 2.64 bits per heavy atom. The molecule has 0 aliphatic rings. The number of methoxy groups -OCH3 is 1. The van der Waals surface area contributed by atoms with E-state index in [2.05, 4.69) is 9.97 Å².